The van der Waals surface area contributed by atoms with Gasteiger partial charge in [0.2, 0.25) is 11.7 Å². The molecule has 6 unspecified atom stereocenters. The maximum absolute atomic E-state index is 15.2. The zero-order valence-corrected chi connectivity index (χ0v) is 33.7. The van der Waals surface area contributed by atoms with Crippen molar-refractivity contribution in [3.8, 4) is 11.5 Å². The molecule has 3 aromatic rings. The van der Waals surface area contributed by atoms with E-state index in [0.717, 1.165) is 65.3 Å². The van der Waals surface area contributed by atoms with Crippen molar-refractivity contribution in [2.75, 3.05) is 26.4 Å². The van der Waals surface area contributed by atoms with Gasteiger partial charge in [0.1, 0.15) is 24.1 Å². The van der Waals surface area contributed by atoms with Crippen LogP contribution in [0.25, 0.3) is 10.8 Å². The molecule has 9 heteroatoms. The van der Waals surface area contributed by atoms with Crippen molar-refractivity contribution < 1.29 is 34.4 Å². The molecular formula is C48H62N2O7. The predicted octanol–water partition coefficient (Wildman–Crippen LogP) is 9.20. The van der Waals surface area contributed by atoms with Crippen molar-refractivity contribution in [1.29, 1.82) is 0 Å². The van der Waals surface area contributed by atoms with E-state index in [9.17, 15) is 15.3 Å². The molecule has 0 saturated heterocycles. The number of phenols is 1. The molecule has 1 aliphatic heterocycles. The van der Waals surface area contributed by atoms with Gasteiger partial charge in [0, 0.05) is 44.1 Å². The molecule has 1 amide bonds. The smallest absolute Gasteiger partial charge is 0.239 e. The van der Waals surface area contributed by atoms with Gasteiger partial charge in [0.05, 0.1) is 18.2 Å². The van der Waals surface area contributed by atoms with Gasteiger partial charge >= 0.3 is 0 Å². The lowest BCUT2D eigenvalue weighted by molar-refractivity contribution is -0.258. The maximum Gasteiger partial charge on any atom is 0.239 e. The van der Waals surface area contributed by atoms with Gasteiger partial charge in [-0.1, -0.05) is 98.3 Å². The molecule has 0 bridgehead atoms. The van der Waals surface area contributed by atoms with Crippen LogP contribution in [0.5, 0.6) is 11.5 Å². The number of aliphatic hydroxyl groups is 2. The van der Waals surface area contributed by atoms with E-state index >= 15 is 4.79 Å². The van der Waals surface area contributed by atoms with Crippen LogP contribution in [0.1, 0.15) is 107 Å². The average Bonchev–Trinajstić information content (AvgIpc) is 3.76. The number of unbranched alkanes of at least 4 members (excludes halogenated alkanes) is 2. The average molecular weight is 779 g/mol. The third-order valence-electron chi connectivity index (χ3n) is 13.1. The molecule has 306 valence electrons. The Morgan fingerprint density at radius 2 is 1.77 bits per heavy atom. The number of amides is 1. The second kappa shape index (κ2) is 19.0. The number of carbonyl (C=O) groups is 1. The van der Waals surface area contributed by atoms with Crippen LogP contribution in [-0.2, 0) is 20.9 Å². The fourth-order valence-corrected chi connectivity index (χ4v) is 10.6. The molecule has 6 atom stereocenters. The first-order valence-electron chi connectivity index (χ1n) is 21.6. The van der Waals surface area contributed by atoms with E-state index in [1.165, 1.54) is 25.7 Å². The summed E-state index contributed by atoms with van der Waals surface area (Å²) in [6.45, 7) is 7.20. The number of carbonyl (C=O) groups excluding carboxylic acids is 1. The van der Waals surface area contributed by atoms with E-state index in [0.29, 0.717) is 50.5 Å². The van der Waals surface area contributed by atoms with Crippen LogP contribution in [0, 0.1) is 23.7 Å². The molecule has 9 nitrogen and oxygen atoms in total. The Labute approximate surface area is 338 Å². The van der Waals surface area contributed by atoms with Gasteiger partial charge in [-0.2, -0.15) is 0 Å². The van der Waals surface area contributed by atoms with Crippen molar-refractivity contribution in [2.24, 2.45) is 28.8 Å². The lowest BCUT2D eigenvalue weighted by Gasteiger charge is -2.60. The zero-order chi connectivity index (χ0) is 39.8. The highest BCUT2D eigenvalue weighted by Crippen LogP contribution is 2.62. The first-order chi connectivity index (χ1) is 27.9. The monoisotopic (exact) mass is 778 g/mol. The van der Waals surface area contributed by atoms with Crippen molar-refractivity contribution in [3.63, 3.8) is 0 Å². The van der Waals surface area contributed by atoms with Crippen molar-refractivity contribution in [2.45, 2.75) is 115 Å². The molecular weight excluding hydrogens is 717 g/mol. The third kappa shape index (κ3) is 8.67. The molecule has 0 aromatic heterocycles. The molecule has 0 radical (unpaired) electrons. The molecule has 0 spiro atoms. The highest BCUT2D eigenvalue weighted by molar-refractivity contribution is 6.03. The maximum atomic E-state index is 15.2. The Kier molecular flexibility index (Phi) is 13.7. The summed E-state index contributed by atoms with van der Waals surface area (Å²) in [6, 6.07) is 19.4. The lowest BCUT2D eigenvalue weighted by atomic mass is 9.55. The molecule has 2 saturated carbocycles. The number of hydrogen-bond donors (Lipinski definition) is 3. The number of allylic oxidation sites excluding steroid dienone is 1. The van der Waals surface area contributed by atoms with Gasteiger partial charge in [0.15, 0.2) is 0 Å². The van der Waals surface area contributed by atoms with Crippen LogP contribution in [0.2, 0.25) is 0 Å². The van der Waals surface area contributed by atoms with Crippen LogP contribution in [-0.4, -0.2) is 70.1 Å². The third-order valence-corrected chi connectivity index (χ3v) is 13.1. The SMILES string of the molecule is C=CCOC12Oc3ccc(O)cc3C3C(CCCCO)C(CCCCO)C=C(C(=NOCC)CC1N(Cc1cccc4ccccc14)C(=O)CCC1CCCC1)C32. The number of nitrogens with zero attached hydrogens (tertiary/aromatic N) is 2. The number of oxime groups is 1. The predicted molar refractivity (Wildman–Crippen MR) is 224 cm³/mol. The van der Waals surface area contributed by atoms with E-state index in [-0.39, 0.29) is 49.2 Å². The van der Waals surface area contributed by atoms with E-state index in [4.69, 9.17) is 19.5 Å². The molecule has 3 N–H and O–H groups in total. The molecule has 7 rings (SSSR count). The summed E-state index contributed by atoms with van der Waals surface area (Å²) in [5.74, 6) is -0.282. The molecule has 3 aliphatic carbocycles. The van der Waals surface area contributed by atoms with Gasteiger partial charge in [-0.25, -0.2) is 0 Å². The zero-order valence-electron chi connectivity index (χ0n) is 33.7. The Morgan fingerprint density at radius 1 is 1.00 bits per heavy atom. The minimum atomic E-state index is -1.33. The van der Waals surface area contributed by atoms with Gasteiger partial charge < -0.3 is 34.5 Å². The van der Waals surface area contributed by atoms with Crippen LogP contribution < -0.4 is 4.74 Å². The normalized spacial score (nSPS) is 26.1. The Balaban J connectivity index is 1.43. The number of benzene rings is 3. The van der Waals surface area contributed by atoms with E-state index in [2.05, 4.69) is 49.1 Å². The lowest BCUT2D eigenvalue weighted by Crippen LogP contribution is -2.70. The van der Waals surface area contributed by atoms with Crippen LogP contribution in [0.15, 0.2) is 90.1 Å². The summed E-state index contributed by atoms with van der Waals surface area (Å²) >= 11 is 0. The quantitative estimate of drug-likeness (QED) is 0.0631. The van der Waals surface area contributed by atoms with Crippen molar-refractivity contribution >= 4 is 22.4 Å². The summed E-state index contributed by atoms with van der Waals surface area (Å²) in [4.78, 5) is 23.1. The Bertz CT molecular complexity index is 1900. The minimum Gasteiger partial charge on any atom is -0.508 e. The number of aliphatic hydroxyl groups excluding tert-OH is 2. The number of ether oxygens (including phenoxy) is 2. The summed E-state index contributed by atoms with van der Waals surface area (Å²) in [7, 11) is 0. The largest absolute Gasteiger partial charge is 0.508 e. The second-order valence-electron chi connectivity index (χ2n) is 16.6. The number of rotatable bonds is 19. The first-order valence-corrected chi connectivity index (χ1v) is 21.6. The summed E-state index contributed by atoms with van der Waals surface area (Å²) < 4.78 is 14.5. The van der Waals surface area contributed by atoms with Gasteiger partial charge in [-0.15, -0.1) is 6.58 Å². The number of aromatic hydroxyl groups is 1. The topological polar surface area (TPSA) is 121 Å². The van der Waals surface area contributed by atoms with Gasteiger partial charge in [-0.3, -0.25) is 4.79 Å². The number of phenolic OH excluding ortho intramolecular Hbond substituents is 1. The summed E-state index contributed by atoms with van der Waals surface area (Å²) in [6.07, 6.45) is 15.3. The first kappa shape index (κ1) is 41.0. The van der Waals surface area contributed by atoms with E-state index in [1.807, 2.05) is 30.0 Å². The summed E-state index contributed by atoms with van der Waals surface area (Å²) in [5.41, 5.74) is 3.75. The van der Waals surface area contributed by atoms with Gasteiger partial charge in [0.25, 0.3) is 0 Å². The molecule has 1 heterocycles. The van der Waals surface area contributed by atoms with Crippen molar-refractivity contribution in [3.05, 3.63) is 96.1 Å². The fourth-order valence-electron chi connectivity index (χ4n) is 10.6. The Morgan fingerprint density at radius 3 is 2.54 bits per heavy atom. The van der Waals surface area contributed by atoms with E-state index in [1.54, 1.807) is 12.1 Å². The second-order valence-corrected chi connectivity index (χ2v) is 16.6. The number of hydrogen-bond acceptors (Lipinski definition) is 8. The van der Waals surface area contributed by atoms with Crippen LogP contribution in [0.4, 0.5) is 0 Å². The highest BCUT2D eigenvalue weighted by atomic mass is 16.7. The van der Waals surface area contributed by atoms with Crippen LogP contribution >= 0.6 is 0 Å². The highest BCUT2D eigenvalue weighted by Gasteiger charge is 2.65. The number of fused-ring (bicyclic) bond motifs is 3. The molecule has 3 aromatic carbocycles. The standard InChI is InChI=1S/C48H62N2O7/c1-3-28-55-48-44(50(45(54)25-22-33-14-5-6-15-33)32-36-19-13-18-34-16-7-8-20-38(34)36)31-42(49-56-4-2)40-29-35(17-9-11-26-51)39(21-10-12-27-52)46(47(40)48)41-30-37(53)23-24-43(41)57-48/h3,7-8,13,16,18-20,23-24,29-30,33,35,39,44,46-47,51-53H,1,4-6,9-12,14-15,17,21-22,25-28,31-32H2,2H3. The molecule has 57 heavy (non-hydrogen) atoms. The molecule has 4 aliphatic rings. The Hall–Kier alpha value is -4.18. The van der Waals surface area contributed by atoms with Gasteiger partial charge in [-0.05, 0) is 96.9 Å². The minimum absolute atomic E-state index is 0.0680. The van der Waals surface area contributed by atoms with Crippen LogP contribution in [0.3, 0.4) is 0 Å². The van der Waals surface area contributed by atoms with E-state index < -0.39 is 17.7 Å². The molecule has 2 fully saturated rings. The van der Waals surface area contributed by atoms with Crippen molar-refractivity contribution in [1.82, 2.24) is 4.90 Å². The fraction of sp³-hybridized carbons (Fsp3) is 0.542. The summed E-state index contributed by atoms with van der Waals surface area (Å²) in [5, 5.41) is 37.8.